The van der Waals surface area contributed by atoms with Gasteiger partial charge in [0.05, 0.1) is 12.4 Å². The largest absolute Gasteiger partial charge is 0.259 e. The Hall–Kier alpha value is -3.27. The van der Waals surface area contributed by atoms with Crippen LogP contribution in [-0.2, 0) is 0 Å². The van der Waals surface area contributed by atoms with Crippen molar-refractivity contribution in [1.29, 1.82) is 0 Å². The zero-order chi connectivity index (χ0) is 15.5. The summed E-state index contributed by atoms with van der Waals surface area (Å²) in [4.78, 5) is 0. The van der Waals surface area contributed by atoms with Crippen molar-refractivity contribution in [3.05, 3.63) is 78.5 Å². The minimum Gasteiger partial charge on any atom is -0.259 e. The first kappa shape index (κ1) is 13.4. The van der Waals surface area contributed by atoms with Gasteiger partial charge in [-0.25, -0.2) is 0 Å². The summed E-state index contributed by atoms with van der Waals surface area (Å²) in [5.74, 6) is 0.652. The summed E-state index contributed by atoms with van der Waals surface area (Å²) in [5, 5.41) is 16.9. The molecule has 0 saturated carbocycles. The summed E-state index contributed by atoms with van der Waals surface area (Å²) in [6.45, 7) is 0. The second-order valence-electron chi connectivity index (χ2n) is 5.22. The lowest BCUT2D eigenvalue weighted by atomic mass is 10.1. The van der Waals surface area contributed by atoms with E-state index in [-0.39, 0.29) is 0 Å². The SMILES string of the molecule is C(=NNc1nncc2ccccc12)c1cccc2ccccc12. The highest BCUT2D eigenvalue weighted by Gasteiger charge is 2.01. The van der Waals surface area contributed by atoms with Crippen LogP contribution in [0.1, 0.15) is 5.56 Å². The van der Waals surface area contributed by atoms with Crippen molar-refractivity contribution in [2.24, 2.45) is 5.10 Å². The van der Waals surface area contributed by atoms with E-state index in [0.717, 1.165) is 16.3 Å². The van der Waals surface area contributed by atoms with Gasteiger partial charge in [-0.15, -0.1) is 5.10 Å². The van der Waals surface area contributed by atoms with Crippen LogP contribution in [0.2, 0.25) is 0 Å². The lowest BCUT2D eigenvalue weighted by molar-refractivity contribution is 1.04. The van der Waals surface area contributed by atoms with Crippen molar-refractivity contribution in [2.75, 3.05) is 5.43 Å². The van der Waals surface area contributed by atoms with E-state index in [9.17, 15) is 0 Å². The van der Waals surface area contributed by atoms with E-state index >= 15 is 0 Å². The molecule has 0 unspecified atom stereocenters. The Morgan fingerprint density at radius 2 is 1.52 bits per heavy atom. The van der Waals surface area contributed by atoms with Crippen LogP contribution in [-0.4, -0.2) is 16.4 Å². The second-order valence-corrected chi connectivity index (χ2v) is 5.22. The third-order valence-corrected chi connectivity index (χ3v) is 3.77. The maximum atomic E-state index is 4.33. The normalized spacial score (nSPS) is 11.3. The van der Waals surface area contributed by atoms with Gasteiger partial charge in [0.25, 0.3) is 0 Å². The van der Waals surface area contributed by atoms with E-state index in [2.05, 4.69) is 38.9 Å². The van der Waals surface area contributed by atoms with Crippen molar-refractivity contribution in [2.45, 2.75) is 0 Å². The predicted molar refractivity (Wildman–Crippen MR) is 94.7 cm³/mol. The number of hydrogen-bond donors (Lipinski definition) is 1. The van der Waals surface area contributed by atoms with Crippen LogP contribution >= 0.6 is 0 Å². The van der Waals surface area contributed by atoms with Gasteiger partial charge in [0.1, 0.15) is 0 Å². The van der Waals surface area contributed by atoms with Crippen LogP contribution in [0.25, 0.3) is 21.5 Å². The van der Waals surface area contributed by atoms with Gasteiger partial charge in [-0.2, -0.15) is 10.2 Å². The Balaban J connectivity index is 1.66. The fourth-order valence-corrected chi connectivity index (χ4v) is 2.64. The Bertz CT molecular complexity index is 997. The summed E-state index contributed by atoms with van der Waals surface area (Å²) in [7, 11) is 0. The molecule has 4 aromatic rings. The molecule has 0 aliphatic carbocycles. The molecule has 0 saturated heterocycles. The summed E-state index contributed by atoms with van der Waals surface area (Å²) in [6.07, 6.45) is 3.56. The molecule has 0 spiro atoms. The lowest BCUT2D eigenvalue weighted by Gasteiger charge is -2.04. The molecule has 4 nitrogen and oxygen atoms in total. The average Bonchev–Trinajstić information content (AvgIpc) is 2.62. The highest BCUT2D eigenvalue weighted by atomic mass is 15.3. The molecule has 0 radical (unpaired) electrons. The molecule has 3 aromatic carbocycles. The fraction of sp³-hybridized carbons (Fsp3) is 0. The van der Waals surface area contributed by atoms with Gasteiger partial charge >= 0.3 is 0 Å². The lowest BCUT2D eigenvalue weighted by Crippen LogP contribution is -1.96. The molecule has 0 aliphatic heterocycles. The minimum absolute atomic E-state index is 0.652. The quantitative estimate of drug-likeness (QED) is 0.455. The molecule has 1 heterocycles. The van der Waals surface area contributed by atoms with Gasteiger partial charge in [0, 0.05) is 16.3 Å². The number of hydrazone groups is 1. The van der Waals surface area contributed by atoms with Gasteiger partial charge < -0.3 is 0 Å². The van der Waals surface area contributed by atoms with E-state index in [1.165, 1.54) is 10.8 Å². The first-order chi connectivity index (χ1) is 11.4. The van der Waals surface area contributed by atoms with Crippen molar-refractivity contribution >= 4 is 33.6 Å². The molecular formula is C19H14N4. The van der Waals surface area contributed by atoms with Crippen molar-refractivity contribution in [3.8, 4) is 0 Å². The summed E-state index contributed by atoms with van der Waals surface area (Å²) >= 11 is 0. The summed E-state index contributed by atoms with van der Waals surface area (Å²) in [6, 6.07) is 22.4. The monoisotopic (exact) mass is 298 g/mol. The van der Waals surface area contributed by atoms with Crippen LogP contribution in [0, 0.1) is 0 Å². The van der Waals surface area contributed by atoms with Gasteiger partial charge in [0.15, 0.2) is 5.82 Å². The molecule has 0 aliphatic rings. The van der Waals surface area contributed by atoms with Gasteiger partial charge in [0.2, 0.25) is 0 Å². The molecule has 4 heteroatoms. The van der Waals surface area contributed by atoms with Gasteiger partial charge in [-0.05, 0) is 10.8 Å². The molecule has 23 heavy (non-hydrogen) atoms. The smallest absolute Gasteiger partial charge is 0.176 e. The number of benzene rings is 3. The molecular weight excluding hydrogens is 284 g/mol. The number of anilines is 1. The highest BCUT2D eigenvalue weighted by molar-refractivity contribution is 6.00. The third kappa shape index (κ3) is 2.62. The minimum atomic E-state index is 0.652. The maximum Gasteiger partial charge on any atom is 0.176 e. The van der Waals surface area contributed by atoms with Crippen LogP contribution in [0.4, 0.5) is 5.82 Å². The van der Waals surface area contributed by atoms with E-state index in [0.29, 0.717) is 5.82 Å². The van der Waals surface area contributed by atoms with E-state index in [4.69, 9.17) is 0 Å². The standard InChI is InChI=1S/C19H14N4/c1-3-10-17-14(6-1)8-5-9-15(17)12-20-22-19-18-11-4-2-7-16(18)13-21-23-19/h1-13H,(H,22,23). The Morgan fingerprint density at radius 1 is 0.783 bits per heavy atom. The predicted octanol–water partition coefficient (Wildman–Crippen LogP) is 4.23. The van der Waals surface area contributed by atoms with Crippen molar-refractivity contribution < 1.29 is 0 Å². The summed E-state index contributed by atoms with van der Waals surface area (Å²) in [5.41, 5.74) is 4.06. The molecule has 0 amide bonds. The fourth-order valence-electron chi connectivity index (χ4n) is 2.64. The molecule has 1 aromatic heterocycles. The molecule has 0 atom stereocenters. The summed E-state index contributed by atoms with van der Waals surface area (Å²) < 4.78 is 0. The number of nitrogens with one attached hydrogen (secondary N) is 1. The molecule has 1 N–H and O–H groups in total. The molecule has 0 fully saturated rings. The first-order valence-corrected chi connectivity index (χ1v) is 7.39. The van der Waals surface area contributed by atoms with Crippen LogP contribution in [0.5, 0.6) is 0 Å². The molecule has 110 valence electrons. The van der Waals surface area contributed by atoms with Crippen molar-refractivity contribution in [3.63, 3.8) is 0 Å². The number of nitrogens with zero attached hydrogens (tertiary/aromatic N) is 3. The number of hydrogen-bond acceptors (Lipinski definition) is 4. The van der Waals surface area contributed by atoms with Crippen LogP contribution in [0.15, 0.2) is 78.0 Å². The van der Waals surface area contributed by atoms with Gasteiger partial charge in [-0.1, -0.05) is 66.7 Å². The topological polar surface area (TPSA) is 50.2 Å². The molecule has 4 rings (SSSR count). The van der Waals surface area contributed by atoms with Crippen LogP contribution < -0.4 is 5.43 Å². The Kier molecular flexibility index (Phi) is 3.41. The van der Waals surface area contributed by atoms with E-state index < -0.39 is 0 Å². The Labute approximate surface area is 133 Å². The van der Waals surface area contributed by atoms with Gasteiger partial charge in [-0.3, -0.25) is 5.43 Å². The first-order valence-electron chi connectivity index (χ1n) is 7.39. The maximum absolute atomic E-state index is 4.33. The Morgan fingerprint density at radius 3 is 2.43 bits per heavy atom. The number of fused-ring (bicyclic) bond motifs is 2. The van der Waals surface area contributed by atoms with Crippen molar-refractivity contribution in [1.82, 2.24) is 10.2 Å². The van der Waals surface area contributed by atoms with E-state index in [1.807, 2.05) is 54.7 Å². The zero-order valence-corrected chi connectivity index (χ0v) is 12.3. The molecule has 0 bridgehead atoms. The third-order valence-electron chi connectivity index (χ3n) is 3.77. The number of rotatable bonds is 3. The second kappa shape index (κ2) is 5.85. The number of aromatic nitrogens is 2. The van der Waals surface area contributed by atoms with E-state index in [1.54, 1.807) is 6.20 Å². The zero-order valence-electron chi connectivity index (χ0n) is 12.3. The van der Waals surface area contributed by atoms with Crippen LogP contribution in [0.3, 0.4) is 0 Å². The highest BCUT2D eigenvalue weighted by Crippen LogP contribution is 2.20. The average molecular weight is 298 g/mol.